The number of aromatic amines is 2. The van der Waals surface area contributed by atoms with E-state index in [1.165, 1.54) is 11.1 Å². The van der Waals surface area contributed by atoms with Gasteiger partial charge in [0.15, 0.2) is 0 Å². The number of H-pyrrole nitrogens is 2. The van der Waals surface area contributed by atoms with Gasteiger partial charge in [-0.3, -0.25) is 57.8 Å². The summed E-state index contributed by atoms with van der Waals surface area (Å²) in [4.78, 5) is 97.3. The van der Waals surface area contributed by atoms with Crippen molar-refractivity contribution in [3.8, 4) is 11.1 Å². The third-order valence-corrected chi connectivity index (χ3v) is 5.13. The number of aromatic nitrogens is 6. The summed E-state index contributed by atoms with van der Waals surface area (Å²) in [7, 11) is 0. The Balaban J connectivity index is 0.000000244. The van der Waals surface area contributed by atoms with E-state index in [9.17, 15) is 47.1 Å². The van der Waals surface area contributed by atoms with Gasteiger partial charge >= 0.3 is 23.3 Å². The van der Waals surface area contributed by atoms with Crippen molar-refractivity contribution in [2.75, 3.05) is 13.1 Å². The minimum Gasteiger partial charge on any atom is -0.480 e. The Morgan fingerprint density at radius 1 is 0.652 bits per heavy atom. The first-order valence-corrected chi connectivity index (χ1v) is 12.5. The summed E-state index contributed by atoms with van der Waals surface area (Å²) in [6, 6.07) is 7.93. The van der Waals surface area contributed by atoms with Crippen molar-refractivity contribution in [2.24, 2.45) is 0 Å². The van der Waals surface area contributed by atoms with E-state index in [1.807, 2.05) is 34.9 Å². The van der Waals surface area contributed by atoms with E-state index in [4.69, 9.17) is 10.2 Å². The van der Waals surface area contributed by atoms with Crippen LogP contribution in [0.2, 0.25) is 0 Å². The SMILES string of the molecule is O=C(O)CNC(=O)Cn1cc(F)c(=O)[nH]c1=O.O=C(O)CNC(=O)Cn1cc(F)c(=O)[nH]c1=O.c1cc(-c2ccncc2)ccn1. The van der Waals surface area contributed by atoms with Gasteiger partial charge in [0.2, 0.25) is 23.4 Å². The first kappa shape index (κ1) is 35.6. The molecule has 0 aromatic carbocycles. The average Bonchev–Trinajstić information content (AvgIpc) is 3.02. The molecule has 4 rings (SSSR count). The molecule has 4 heterocycles. The smallest absolute Gasteiger partial charge is 0.328 e. The van der Waals surface area contributed by atoms with Gasteiger partial charge in [0.1, 0.15) is 26.2 Å². The maximum Gasteiger partial charge on any atom is 0.328 e. The molecular weight excluding hydrogens is 622 g/mol. The molecule has 242 valence electrons. The number of aliphatic carboxylic acids is 2. The van der Waals surface area contributed by atoms with Gasteiger partial charge in [-0.2, -0.15) is 8.78 Å². The summed E-state index contributed by atoms with van der Waals surface area (Å²) in [6.45, 7) is -2.39. The fourth-order valence-corrected chi connectivity index (χ4v) is 3.06. The minimum absolute atomic E-state index is 0.571. The van der Waals surface area contributed by atoms with E-state index in [0.29, 0.717) is 21.5 Å². The molecule has 4 aromatic rings. The number of nitrogens with one attached hydrogen (secondary N) is 4. The van der Waals surface area contributed by atoms with Crippen molar-refractivity contribution >= 4 is 23.8 Å². The number of amides is 2. The van der Waals surface area contributed by atoms with Crippen LogP contribution in [-0.4, -0.2) is 76.1 Å². The van der Waals surface area contributed by atoms with E-state index in [2.05, 4.69) is 9.97 Å². The van der Waals surface area contributed by atoms with Crippen LogP contribution in [0.25, 0.3) is 11.1 Å². The highest BCUT2D eigenvalue weighted by Gasteiger charge is 2.10. The van der Waals surface area contributed by atoms with Crippen LogP contribution < -0.4 is 33.1 Å². The minimum atomic E-state index is -1.25. The zero-order valence-electron chi connectivity index (χ0n) is 23.3. The summed E-state index contributed by atoms with van der Waals surface area (Å²) in [5, 5.41) is 20.5. The highest BCUT2D eigenvalue weighted by Crippen LogP contribution is 2.15. The van der Waals surface area contributed by atoms with E-state index in [0.717, 1.165) is 0 Å². The number of rotatable bonds is 9. The van der Waals surface area contributed by atoms with Gasteiger partial charge in [-0.15, -0.1) is 0 Å². The van der Waals surface area contributed by atoms with E-state index < -0.39 is 84.1 Å². The molecule has 0 saturated carbocycles. The molecule has 0 atom stereocenters. The zero-order chi connectivity index (χ0) is 34.2. The maximum absolute atomic E-state index is 12.8. The van der Waals surface area contributed by atoms with Crippen LogP contribution in [-0.2, 0) is 32.3 Å². The van der Waals surface area contributed by atoms with Gasteiger partial charge in [0, 0.05) is 24.8 Å². The molecular formula is C26H24F2N8O10. The molecule has 0 aliphatic heterocycles. The highest BCUT2D eigenvalue weighted by atomic mass is 19.1. The molecule has 18 nitrogen and oxygen atoms in total. The van der Waals surface area contributed by atoms with Gasteiger partial charge in [0.05, 0.1) is 12.4 Å². The number of pyridine rings is 2. The van der Waals surface area contributed by atoms with Gasteiger partial charge < -0.3 is 20.8 Å². The first-order valence-electron chi connectivity index (χ1n) is 12.5. The molecule has 0 aliphatic carbocycles. The summed E-state index contributed by atoms with van der Waals surface area (Å²) in [6.07, 6.45) is 8.29. The Hall–Kier alpha value is -6.60. The van der Waals surface area contributed by atoms with E-state index in [1.54, 1.807) is 34.8 Å². The van der Waals surface area contributed by atoms with Gasteiger partial charge in [-0.05, 0) is 35.4 Å². The Labute approximate surface area is 254 Å². The number of carboxylic acid groups (broad SMARTS) is 2. The zero-order valence-corrected chi connectivity index (χ0v) is 23.3. The lowest BCUT2D eigenvalue weighted by atomic mass is 10.1. The average molecular weight is 647 g/mol. The Morgan fingerprint density at radius 2 is 0.978 bits per heavy atom. The second-order valence-corrected chi connectivity index (χ2v) is 8.54. The van der Waals surface area contributed by atoms with Gasteiger partial charge in [-0.1, -0.05) is 0 Å². The number of nitrogens with zero attached hydrogens (tertiary/aromatic N) is 4. The summed E-state index contributed by atoms with van der Waals surface area (Å²) in [5.74, 6) is -6.51. The van der Waals surface area contributed by atoms with Gasteiger partial charge in [0.25, 0.3) is 11.1 Å². The van der Waals surface area contributed by atoms with Crippen molar-refractivity contribution in [3.63, 3.8) is 0 Å². The summed E-state index contributed by atoms with van der Waals surface area (Å²) < 4.78 is 26.8. The topological polar surface area (TPSA) is 268 Å². The fraction of sp³-hybridized carbons (Fsp3) is 0.154. The molecule has 0 fully saturated rings. The van der Waals surface area contributed by atoms with Crippen LogP contribution in [0.3, 0.4) is 0 Å². The maximum atomic E-state index is 12.8. The Morgan fingerprint density at radius 3 is 1.28 bits per heavy atom. The van der Waals surface area contributed by atoms with Crippen LogP contribution >= 0.6 is 0 Å². The second kappa shape index (κ2) is 17.5. The molecule has 46 heavy (non-hydrogen) atoms. The molecule has 0 saturated heterocycles. The molecule has 0 unspecified atom stereocenters. The summed E-state index contributed by atoms with van der Waals surface area (Å²) >= 11 is 0. The standard InChI is InChI=1S/C10H8N2.2C8H8FN3O5/c1-5-11-6-2-9(1)10-3-7-12-8-4-10;2*9-4-2-12(8(17)11-7(4)16)3-5(13)10-1-6(14)15/h1-8H;2*2H,1,3H2,(H,10,13)(H,14,15)(H,11,16,17). The predicted octanol–water partition coefficient (Wildman–Crippen LogP) is -2.10. The number of carbonyl (C=O) groups is 4. The Bertz CT molecular complexity index is 1770. The number of hydrogen-bond acceptors (Lipinski definition) is 10. The second-order valence-electron chi connectivity index (χ2n) is 8.54. The van der Waals surface area contributed by atoms with E-state index in [-0.39, 0.29) is 0 Å². The lowest BCUT2D eigenvalue weighted by Gasteiger charge is -2.04. The lowest BCUT2D eigenvalue weighted by molar-refractivity contribution is -0.138. The molecule has 4 aromatic heterocycles. The molecule has 20 heteroatoms. The third-order valence-electron chi connectivity index (χ3n) is 5.13. The molecule has 2 amide bonds. The van der Waals surface area contributed by atoms with Crippen molar-refractivity contribution < 1.29 is 38.2 Å². The van der Waals surface area contributed by atoms with Gasteiger partial charge in [-0.25, -0.2) is 9.59 Å². The van der Waals surface area contributed by atoms with Crippen molar-refractivity contribution in [2.45, 2.75) is 13.1 Å². The van der Waals surface area contributed by atoms with Crippen LogP contribution in [0, 0.1) is 11.6 Å². The summed E-state index contributed by atoms with van der Waals surface area (Å²) in [5.41, 5.74) is -1.93. The van der Waals surface area contributed by atoms with Crippen molar-refractivity contribution in [1.82, 2.24) is 39.7 Å². The highest BCUT2D eigenvalue weighted by molar-refractivity contribution is 5.81. The fourth-order valence-electron chi connectivity index (χ4n) is 3.06. The molecule has 6 N–H and O–H groups in total. The number of hydrogen-bond donors (Lipinski definition) is 6. The monoisotopic (exact) mass is 646 g/mol. The lowest BCUT2D eigenvalue weighted by Crippen LogP contribution is -2.38. The normalized spacial score (nSPS) is 9.87. The van der Waals surface area contributed by atoms with Crippen LogP contribution in [0.1, 0.15) is 0 Å². The van der Waals surface area contributed by atoms with Crippen molar-refractivity contribution in [1.29, 1.82) is 0 Å². The largest absolute Gasteiger partial charge is 0.480 e. The molecule has 0 aliphatic rings. The molecule has 0 radical (unpaired) electrons. The van der Waals surface area contributed by atoms with Crippen LogP contribution in [0.4, 0.5) is 8.78 Å². The number of carbonyl (C=O) groups excluding carboxylic acids is 2. The van der Waals surface area contributed by atoms with Crippen LogP contribution in [0.5, 0.6) is 0 Å². The van der Waals surface area contributed by atoms with E-state index >= 15 is 0 Å². The predicted molar refractivity (Wildman–Crippen MR) is 151 cm³/mol. The molecule has 0 spiro atoms. The third kappa shape index (κ3) is 12.3. The Kier molecular flexibility index (Phi) is 13.5. The quantitative estimate of drug-likeness (QED) is 0.114. The van der Waals surface area contributed by atoms with Crippen molar-refractivity contribution in [3.05, 3.63) is 115 Å². The number of carboxylic acids is 2. The molecule has 0 bridgehead atoms. The number of halogens is 2. The first-order chi connectivity index (χ1) is 21.8. The van der Waals surface area contributed by atoms with Crippen LogP contribution in [0.15, 0.2) is 80.6 Å².